The lowest BCUT2D eigenvalue weighted by Crippen LogP contribution is -2.24. The van der Waals surface area contributed by atoms with Gasteiger partial charge in [-0.3, -0.25) is 0 Å². The first-order valence-corrected chi connectivity index (χ1v) is 13.2. The Morgan fingerprint density at radius 1 is 0.774 bits per heavy atom. The van der Waals surface area contributed by atoms with E-state index in [0.29, 0.717) is 9.79 Å². The fourth-order valence-corrected chi connectivity index (χ4v) is 8.16. The molecule has 1 saturated carbocycles. The zero-order valence-electron chi connectivity index (χ0n) is 17.1. The zero-order chi connectivity index (χ0) is 21.8. The van der Waals surface area contributed by atoms with Crippen molar-refractivity contribution in [2.75, 3.05) is 0 Å². The number of rotatable bonds is 6. The molecule has 31 heavy (non-hydrogen) atoms. The van der Waals surface area contributed by atoms with Gasteiger partial charge >= 0.3 is 5.97 Å². The number of hydrogen-bond donors (Lipinski definition) is 1. The lowest BCUT2D eigenvalue weighted by atomic mass is 10.0. The third-order valence-corrected chi connectivity index (χ3v) is 10.3. The van der Waals surface area contributed by atoms with Crippen molar-refractivity contribution in [3.63, 3.8) is 0 Å². The maximum atomic E-state index is 13.1. The van der Waals surface area contributed by atoms with Crippen molar-refractivity contribution in [2.45, 2.75) is 56.9 Å². The highest BCUT2D eigenvalue weighted by molar-refractivity contribution is 7.97. The molecule has 4 rings (SSSR count). The molecular weight excluding hydrogens is 428 g/mol. The molecule has 3 aromatic rings. The summed E-state index contributed by atoms with van der Waals surface area (Å²) in [5, 5.41) is 9.43. The van der Waals surface area contributed by atoms with Gasteiger partial charge < -0.3 is 5.11 Å². The first kappa shape index (κ1) is 21.7. The molecule has 0 amide bonds. The Morgan fingerprint density at radius 3 is 2.00 bits per heavy atom. The maximum Gasteiger partial charge on any atom is 0.340 e. The Balaban J connectivity index is 1.76. The number of benzene rings is 3. The monoisotopic (exact) mass is 453 g/mol. The molecule has 1 aliphatic carbocycles. The quantitative estimate of drug-likeness (QED) is 0.494. The Kier molecular flexibility index (Phi) is 6.49. The molecule has 0 heterocycles. The average molecular weight is 454 g/mol. The zero-order valence-corrected chi connectivity index (χ0v) is 18.7. The molecule has 0 aromatic heterocycles. The summed E-state index contributed by atoms with van der Waals surface area (Å²) in [4.78, 5) is 14.8. The molecule has 160 valence electrons. The summed E-state index contributed by atoms with van der Waals surface area (Å²) in [6.45, 7) is 0. The summed E-state index contributed by atoms with van der Waals surface area (Å²) in [5.41, 5.74) is 0.258. The van der Waals surface area contributed by atoms with Gasteiger partial charge in [0.05, 0.1) is 10.1 Å². The van der Waals surface area contributed by atoms with Crippen LogP contribution >= 0.6 is 0 Å². The van der Waals surface area contributed by atoms with Crippen molar-refractivity contribution in [3.05, 3.63) is 84.4 Å². The molecule has 0 spiro atoms. The third kappa shape index (κ3) is 4.55. The molecule has 4 nitrogen and oxygen atoms in total. The van der Waals surface area contributed by atoms with Gasteiger partial charge in [-0.25, -0.2) is 13.2 Å². The topological polar surface area (TPSA) is 71.4 Å². The van der Waals surface area contributed by atoms with Gasteiger partial charge in [0.1, 0.15) is 16.5 Å². The van der Waals surface area contributed by atoms with Crippen LogP contribution in [-0.4, -0.2) is 24.7 Å². The van der Waals surface area contributed by atoms with E-state index in [4.69, 9.17) is 0 Å². The van der Waals surface area contributed by atoms with Crippen LogP contribution in [0.25, 0.3) is 0 Å². The third-order valence-electron chi connectivity index (χ3n) is 5.70. The highest BCUT2D eigenvalue weighted by Gasteiger charge is 2.34. The van der Waals surface area contributed by atoms with Crippen LogP contribution in [0.5, 0.6) is 0 Å². The highest BCUT2D eigenvalue weighted by atomic mass is 32.2. The minimum atomic E-state index is -3.35. The van der Waals surface area contributed by atoms with Crippen LogP contribution in [0.1, 0.15) is 42.5 Å². The minimum Gasteiger partial charge on any atom is -0.478 e. The maximum absolute atomic E-state index is 13.1. The number of carboxylic acid groups (broad SMARTS) is 1. The molecule has 1 atom stereocenters. The number of hydrogen-bond acceptors (Lipinski definition) is 3. The van der Waals surface area contributed by atoms with Gasteiger partial charge in [-0.2, -0.15) is 0 Å². The molecule has 0 saturated heterocycles. The smallest absolute Gasteiger partial charge is 0.340 e. The van der Waals surface area contributed by atoms with Crippen LogP contribution in [0, 0.1) is 0 Å². The van der Waals surface area contributed by atoms with E-state index in [1.165, 1.54) is 0 Å². The molecule has 1 aliphatic rings. The average Bonchev–Trinajstić information content (AvgIpc) is 2.81. The van der Waals surface area contributed by atoms with Crippen LogP contribution < -0.4 is 0 Å². The number of carbonyl (C=O) groups is 1. The lowest BCUT2D eigenvalue weighted by Gasteiger charge is -2.21. The van der Waals surface area contributed by atoms with Gasteiger partial charge in [-0.05, 0) is 61.4 Å². The second-order valence-electron chi connectivity index (χ2n) is 7.70. The molecule has 1 N–H and O–H groups in total. The largest absolute Gasteiger partial charge is 0.478 e. The van der Waals surface area contributed by atoms with E-state index in [0.717, 1.165) is 41.9 Å². The molecule has 1 fully saturated rings. The summed E-state index contributed by atoms with van der Waals surface area (Å²) in [6.07, 6.45) is 4.49. The second-order valence-corrected chi connectivity index (χ2v) is 11.9. The first-order chi connectivity index (χ1) is 15.0. The Labute approximate surface area is 186 Å². The number of sulfone groups is 1. The van der Waals surface area contributed by atoms with Crippen molar-refractivity contribution >= 4 is 26.7 Å². The lowest BCUT2D eigenvalue weighted by molar-refractivity contribution is 0.0693. The summed E-state index contributed by atoms with van der Waals surface area (Å²) < 4.78 is 26.2. The van der Waals surface area contributed by atoms with Crippen molar-refractivity contribution in [1.29, 1.82) is 0 Å². The highest BCUT2D eigenvalue weighted by Crippen LogP contribution is 2.35. The minimum absolute atomic E-state index is 0.258. The van der Waals surface area contributed by atoms with Crippen LogP contribution in [-0.2, 0) is 20.7 Å². The molecule has 0 bridgehead atoms. The van der Waals surface area contributed by atoms with Crippen molar-refractivity contribution in [1.82, 2.24) is 0 Å². The Bertz CT molecular complexity index is 1150. The predicted molar refractivity (Wildman–Crippen MR) is 123 cm³/mol. The molecule has 1 unspecified atom stereocenters. The summed E-state index contributed by atoms with van der Waals surface area (Å²) in [5.74, 6) is -0.972. The van der Waals surface area contributed by atoms with E-state index in [2.05, 4.69) is 0 Å². The Hall–Kier alpha value is -2.57. The molecule has 0 radical (unpaired) electrons. The van der Waals surface area contributed by atoms with Gasteiger partial charge in [0.15, 0.2) is 24.5 Å². The van der Waals surface area contributed by atoms with Crippen molar-refractivity contribution in [3.8, 4) is 0 Å². The van der Waals surface area contributed by atoms with Gasteiger partial charge in [-0.1, -0.05) is 49.6 Å². The van der Waals surface area contributed by atoms with E-state index in [-0.39, 0.29) is 10.8 Å². The summed E-state index contributed by atoms with van der Waals surface area (Å²) in [6, 6.07) is 23.8. The van der Waals surface area contributed by atoms with Crippen LogP contribution in [0.3, 0.4) is 0 Å². The van der Waals surface area contributed by atoms with E-state index in [1.54, 1.807) is 24.3 Å². The van der Waals surface area contributed by atoms with Crippen LogP contribution in [0.4, 0.5) is 0 Å². The van der Waals surface area contributed by atoms with Gasteiger partial charge in [-0.15, -0.1) is 0 Å². The number of carboxylic acids is 1. The van der Waals surface area contributed by atoms with Crippen molar-refractivity contribution in [2.24, 2.45) is 0 Å². The molecule has 3 aromatic carbocycles. The van der Waals surface area contributed by atoms with Gasteiger partial charge in [0, 0.05) is 0 Å². The van der Waals surface area contributed by atoms with Gasteiger partial charge in [0.2, 0.25) is 0 Å². The van der Waals surface area contributed by atoms with Crippen LogP contribution in [0.2, 0.25) is 0 Å². The van der Waals surface area contributed by atoms with Crippen molar-refractivity contribution < 1.29 is 18.3 Å². The van der Waals surface area contributed by atoms with E-state index < -0.39 is 26.7 Å². The normalized spacial score (nSPS) is 16.0. The summed E-state index contributed by atoms with van der Waals surface area (Å²) >= 11 is 0. The Morgan fingerprint density at radius 2 is 1.35 bits per heavy atom. The predicted octanol–water partition coefficient (Wildman–Crippen LogP) is 5.59. The van der Waals surface area contributed by atoms with Crippen LogP contribution in [0.15, 0.2) is 98.4 Å². The molecular formula is C25H25O4S2+. The standard InChI is InChI=1S/C25H24O4S2/c26-25(27)23-13-7-8-14-24(23)30(19-9-3-1-4-10-19)20-15-17-22(18-16-20)31(28,29)21-11-5-2-6-12-21/h1,3-4,7-10,13-18,21H,2,5-6,11-12H2/p+1. The fraction of sp³-hybridized carbons (Fsp3) is 0.240. The van der Waals surface area contributed by atoms with Gasteiger partial charge in [0.25, 0.3) is 0 Å². The first-order valence-electron chi connectivity index (χ1n) is 10.4. The summed E-state index contributed by atoms with van der Waals surface area (Å²) in [7, 11) is -4.01. The van der Waals surface area contributed by atoms with E-state index in [9.17, 15) is 18.3 Å². The fourth-order valence-electron chi connectivity index (χ4n) is 4.10. The molecule has 6 heteroatoms. The van der Waals surface area contributed by atoms with E-state index in [1.807, 2.05) is 54.6 Å². The molecule has 0 aliphatic heterocycles. The number of aromatic carboxylic acids is 1. The second kappa shape index (κ2) is 9.28. The SMILES string of the molecule is O=C(O)c1ccccc1[S+](c1ccccc1)c1ccc(S(=O)(=O)C2CCCCC2)cc1. The van der Waals surface area contributed by atoms with E-state index >= 15 is 0 Å².